The van der Waals surface area contributed by atoms with E-state index in [1.807, 2.05) is 24.3 Å². The SMILES string of the molecule is CC1CCC(C(=O)O)N(C(=O)[C@@H]2CC[C@H](NC(=O)OCC3c4ccccc4-c4ccccc43)C2)C1. The minimum absolute atomic E-state index is 0.0000903. The van der Waals surface area contributed by atoms with Gasteiger partial charge in [0.15, 0.2) is 0 Å². The van der Waals surface area contributed by atoms with Gasteiger partial charge in [-0.15, -0.1) is 0 Å². The number of rotatable bonds is 5. The first-order valence-electron chi connectivity index (χ1n) is 12.6. The van der Waals surface area contributed by atoms with Gasteiger partial charge in [0.05, 0.1) is 0 Å². The van der Waals surface area contributed by atoms with Crippen LogP contribution in [0.4, 0.5) is 4.79 Å². The summed E-state index contributed by atoms with van der Waals surface area (Å²) in [6.07, 6.45) is 2.68. The van der Waals surface area contributed by atoms with E-state index in [2.05, 4.69) is 36.5 Å². The number of aliphatic carboxylic acids is 1. The number of benzene rings is 2. The van der Waals surface area contributed by atoms with Crippen LogP contribution in [0.2, 0.25) is 0 Å². The van der Waals surface area contributed by atoms with Crippen LogP contribution in [0.5, 0.6) is 0 Å². The average Bonchev–Trinajstić information content (AvgIpc) is 3.44. The van der Waals surface area contributed by atoms with Gasteiger partial charge in [0.2, 0.25) is 5.91 Å². The number of carboxylic acid groups (broad SMARTS) is 1. The Morgan fingerprint density at radius 3 is 2.29 bits per heavy atom. The Morgan fingerprint density at radius 2 is 1.63 bits per heavy atom. The molecule has 0 bridgehead atoms. The highest BCUT2D eigenvalue weighted by atomic mass is 16.5. The van der Waals surface area contributed by atoms with Crippen molar-refractivity contribution in [2.75, 3.05) is 13.2 Å². The van der Waals surface area contributed by atoms with Gasteiger partial charge in [-0.1, -0.05) is 55.5 Å². The summed E-state index contributed by atoms with van der Waals surface area (Å²) in [5.74, 6) is -0.996. The molecule has 4 atom stereocenters. The van der Waals surface area contributed by atoms with Crippen LogP contribution in [0.25, 0.3) is 11.1 Å². The maximum Gasteiger partial charge on any atom is 0.407 e. The predicted molar refractivity (Wildman–Crippen MR) is 131 cm³/mol. The molecule has 0 spiro atoms. The molecule has 2 aliphatic carbocycles. The molecule has 35 heavy (non-hydrogen) atoms. The van der Waals surface area contributed by atoms with Crippen molar-refractivity contribution in [3.8, 4) is 11.1 Å². The zero-order chi connectivity index (χ0) is 24.5. The molecule has 2 aromatic carbocycles. The van der Waals surface area contributed by atoms with Crippen LogP contribution in [0.1, 0.15) is 56.1 Å². The van der Waals surface area contributed by atoms with Crippen LogP contribution >= 0.6 is 0 Å². The molecule has 7 nitrogen and oxygen atoms in total. The monoisotopic (exact) mass is 476 g/mol. The molecule has 1 saturated heterocycles. The van der Waals surface area contributed by atoms with E-state index in [-0.39, 0.29) is 30.4 Å². The second-order valence-electron chi connectivity index (χ2n) is 10.2. The van der Waals surface area contributed by atoms with Gasteiger partial charge in [0.25, 0.3) is 0 Å². The molecule has 1 aliphatic heterocycles. The van der Waals surface area contributed by atoms with Crippen LogP contribution in [-0.4, -0.2) is 53.2 Å². The number of fused-ring (bicyclic) bond motifs is 3. The van der Waals surface area contributed by atoms with E-state index in [1.54, 1.807) is 4.90 Å². The smallest absolute Gasteiger partial charge is 0.407 e. The van der Waals surface area contributed by atoms with Crippen molar-refractivity contribution in [2.24, 2.45) is 11.8 Å². The lowest BCUT2D eigenvalue weighted by Crippen LogP contribution is -2.52. The number of likely N-dealkylation sites (tertiary alicyclic amines) is 1. The van der Waals surface area contributed by atoms with Gasteiger partial charge in [-0.25, -0.2) is 9.59 Å². The highest BCUT2D eigenvalue weighted by Gasteiger charge is 2.40. The third-order valence-electron chi connectivity index (χ3n) is 7.83. The summed E-state index contributed by atoms with van der Waals surface area (Å²) in [4.78, 5) is 39.0. The number of carbonyl (C=O) groups is 3. The van der Waals surface area contributed by atoms with Gasteiger partial charge in [-0.3, -0.25) is 4.79 Å². The normalized spacial score (nSPS) is 25.6. The number of amides is 2. The zero-order valence-electron chi connectivity index (χ0n) is 20.0. The second-order valence-corrected chi connectivity index (χ2v) is 10.2. The van der Waals surface area contributed by atoms with E-state index >= 15 is 0 Å². The molecule has 2 aromatic rings. The molecule has 184 valence electrons. The lowest BCUT2D eigenvalue weighted by atomic mass is 9.92. The third-order valence-corrected chi connectivity index (χ3v) is 7.83. The summed E-state index contributed by atoms with van der Waals surface area (Å²) in [5, 5.41) is 12.5. The van der Waals surface area contributed by atoms with Crippen molar-refractivity contribution in [2.45, 2.75) is 57.0 Å². The summed E-state index contributed by atoms with van der Waals surface area (Å²) in [7, 11) is 0. The Bertz CT molecular complexity index is 1090. The second kappa shape index (κ2) is 9.72. The lowest BCUT2D eigenvalue weighted by Gasteiger charge is -2.37. The number of hydrogen-bond donors (Lipinski definition) is 2. The number of hydrogen-bond acceptors (Lipinski definition) is 4. The molecule has 1 saturated carbocycles. The molecular formula is C28H32N2O5. The van der Waals surface area contributed by atoms with Crippen molar-refractivity contribution in [1.29, 1.82) is 0 Å². The number of nitrogens with zero attached hydrogens (tertiary/aromatic N) is 1. The molecular weight excluding hydrogens is 444 g/mol. The molecule has 3 aliphatic rings. The highest BCUT2D eigenvalue weighted by molar-refractivity contribution is 5.85. The highest BCUT2D eigenvalue weighted by Crippen LogP contribution is 2.44. The maximum absolute atomic E-state index is 13.1. The predicted octanol–water partition coefficient (Wildman–Crippen LogP) is 4.41. The summed E-state index contributed by atoms with van der Waals surface area (Å²) in [6, 6.07) is 15.5. The van der Waals surface area contributed by atoms with E-state index in [0.29, 0.717) is 38.1 Å². The minimum Gasteiger partial charge on any atom is -0.480 e. The Morgan fingerprint density at radius 1 is 0.971 bits per heavy atom. The van der Waals surface area contributed by atoms with Crippen molar-refractivity contribution in [1.82, 2.24) is 10.2 Å². The number of carboxylic acids is 1. The quantitative estimate of drug-likeness (QED) is 0.667. The van der Waals surface area contributed by atoms with Crippen LogP contribution in [0, 0.1) is 11.8 Å². The van der Waals surface area contributed by atoms with Crippen LogP contribution in [-0.2, 0) is 14.3 Å². The number of piperidine rings is 1. The van der Waals surface area contributed by atoms with E-state index in [9.17, 15) is 19.5 Å². The maximum atomic E-state index is 13.1. The number of ether oxygens (including phenoxy) is 1. The minimum atomic E-state index is -0.934. The van der Waals surface area contributed by atoms with Crippen LogP contribution in [0.3, 0.4) is 0 Å². The number of alkyl carbamates (subject to hydrolysis) is 1. The van der Waals surface area contributed by atoms with Crippen molar-refractivity contribution < 1.29 is 24.2 Å². The van der Waals surface area contributed by atoms with Crippen LogP contribution in [0.15, 0.2) is 48.5 Å². The fourth-order valence-corrected chi connectivity index (χ4v) is 6.03. The molecule has 2 N–H and O–H groups in total. The summed E-state index contributed by atoms with van der Waals surface area (Å²) in [6.45, 7) is 2.78. The molecule has 1 heterocycles. The van der Waals surface area contributed by atoms with E-state index in [4.69, 9.17) is 4.74 Å². The standard InChI is InChI=1S/C28H32N2O5/c1-17-10-13-25(27(32)33)30(15-17)26(31)18-11-12-19(14-18)29-28(34)35-16-24-22-8-4-2-6-20(22)21-7-3-5-9-23(21)24/h2-9,17-19,24-25H,10-16H2,1H3,(H,29,34)(H,32,33)/t17?,18-,19+,25?/m1/s1. The summed E-state index contributed by atoms with van der Waals surface area (Å²) in [5.41, 5.74) is 4.69. The van der Waals surface area contributed by atoms with Crippen molar-refractivity contribution in [3.05, 3.63) is 59.7 Å². The molecule has 0 radical (unpaired) electrons. The largest absolute Gasteiger partial charge is 0.480 e. The first-order valence-corrected chi connectivity index (χ1v) is 12.6. The fourth-order valence-electron chi connectivity index (χ4n) is 6.03. The molecule has 5 rings (SSSR count). The summed E-state index contributed by atoms with van der Waals surface area (Å²) >= 11 is 0. The molecule has 0 aromatic heterocycles. The van der Waals surface area contributed by atoms with Gasteiger partial charge in [0, 0.05) is 24.4 Å². The van der Waals surface area contributed by atoms with Gasteiger partial charge < -0.3 is 20.1 Å². The van der Waals surface area contributed by atoms with Gasteiger partial charge in [-0.05, 0) is 60.3 Å². The van der Waals surface area contributed by atoms with E-state index < -0.39 is 18.1 Å². The Balaban J connectivity index is 1.16. The van der Waals surface area contributed by atoms with Crippen molar-refractivity contribution in [3.63, 3.8) is 0 Å². The molecule has 2 amide bonds. The first kappa shape index (κ1) is 23.4. The Hall–Kier alpha value is -3.35. The topological polar surface area (TPSA) is 95.9 Å². The molecule has 2 unspecified atom stereocenters. The zero-order valence-corrected chi connectivity index (χ0v) is 20.0. The van der Waals surface area contributed by atoms with E-state index in [0.717, 1.165) is 17.5 Å². The van der Waals surface area contributed by atoms with Gasteiger partial charge in [0.1, 0.15) is 12.6 Å². The fraction of sp³-hybridized carbons (Fsp3) is 0.464. The Labute approximate surface area is 205 Å². The van der Waals surface area contributed by atoms with Crippen molar-refractivity contribution >= 4 is 18.0 Å². The summed E-state index contributed by atoms with van der Waals surface area (Å²) < 4.78 is 5.65. The van der Waals surface area contributed by atoms with Crippen LogP contribution < -0.4 is 5.32 Å². The first-order chi connectivity index (χ1) is 16.9. The average molecular weight is 477 g/mol. The lowest BCUT2D eigenvalue weighted by molar-refractivity contribution is -0.155. The third kappa shape index (κ3) is 4.64. The Kier molecular flexibility index (Phi) is 6.50. The van der Waals surface area contributed by atoms with Gasteiger partial charge >= 0.3 is 12.1 Å². The van der Waals surface area contributed by atoms with E-state index in [1.165, 1.54) is 11.1 Å². The molecule has 2 fully saturated rings. The molecule has 7 heteroatoms. The number of carbonyl (C=O) groups excluding carboxylic acids is 2. The number of nitrogens with one attached hydrogen (secondary N) is 1. The van der Waals surface area contributed by atoms with Gasteiger partial charge in [-0.2, -0.15) is 0 Å².